The molecule has 0 aliphatic heterocycles. The van der Waals surface area contributed by atoms with E-state index in [0.29, 0.717) is 17.1 Å². The molecule has 0 amide bonds. The second-order valence-corrected chi connectivity index (χ2v) is 4.67. The van der Waals surface area contributed by atoms with Gasteiger partial charge in [0.2, 0.25) is 0 Å². The minimum absolute atomic E-state index is 0.293. The van der Waals surface area contributed by atoms with Crippen molar-refractivity contribution in [2.45, 2.75) is 12.7 Å². The van der Waals surface area contributed by atoms with Gasteiger partial charge in [-0.25, -0.2) is 0 Å². The lowest BCUT2D eigenvalue weighted by molar-refractivity contribution is 0.388. The van der Waals surface area contributed by atoms with Crippen LogP contribution in [0, 0.1) is 6.92 Å². The summed E-state index contributed by atoms with van der Waals surface area (Å²) in [5, 5.41) is 0. The predicted molar refractivity (Wildman–Crippen MR) is 58.0 cm³/mol. The summed E-state index contributed by atoms with van der Waals surface area (Å²) in [6.45, 7) is 1.77. The van der Waals surface area contributed by atoms with Gasteiger partial charge < -0.3 is 9.47 Å². The van der Waals surface area contributed by atoms with Gasteiger partial charge in [0, 0.05) is 5.56 Å². The van der Waals surface area contributed by atoms with Crippen LogP contribution in [-0.4, -0.2) is 22.6 Å². The highest BCUT2D eigenvalue weighted by molar-refractivity contribution is 7.85. The molecule has 1 aromatic carbocycles. The summed E-state index contributed by atoms with van der Waals surface area (Å²) < 4.78 is 43.7. The Hall–Kier alpha value is -1.30. The molecule has 0 atom stereocenters. The largest absolute Gasteiger partial charge is 0.496 e. The van der Waals surface area contributed by atoms with E-state index in [1.165, 1.54) is 26.4 Å². The Morgan fingerprint density at radius 1 is 1.19 bits per heavy atom. The van der Waals surface area contributed by atoms with Gasteiger partial charge in [-0.15, -0.1) is 3.89 Å². The molecule has 1 rings (SSSR count). The number of ether oxygens (including phenoxy) is 2. The zero-order valence-corrected chi connectivity index (χ0v) is 10.1. The van der Waals surface area contributed by atoms with Gasteiger partial charge in [0.1, 0.15) is 17.3 Å². The minimum atomic E-state index is -4.55. The lowest BCUT2D eigenvalue weighted by atomic mass is 10.1. The molecule has 90 valence electrons. The molecule has 0 N–H and O–H groups in total. The molecule has 0 aliphatic rings. The topological polar surface area (TPSA) is 52.6 Å². The third kappa shape index (κ3) is 3.10. The molecular weight excluding hydrogens is 235 g/mol. The monoisotopic (exact) mass is 248 g/mol. The molecule has 0 bridgehead atoms. The van der Waals surface area contributed by atoms with E-state index in [1.54, 1.807) is 6.92 Å². The van der Waals surface area contributed by atoms with Gasteiger partial charge in [-0.2, -0.15) is 8.42 Å². The van der Waals surface area contributed by atoms with E-state index < -0.39 is 16.0 Å². The van der Waals surface area contributed by atoms with E-state index in [9.17, 15) is 12.3 Å². The fourth-order valence-electron chi connectivity index (χ4n) is 1.42. The smallest absolute Gasteiger partial charge is 0.306 e. The lowest BCUT2D eigenvalue weighted by Crippen LogP contribution is -2.00. The van der Waals surface area contributed by atoms with Crippen molar-refractivity contribution < 1.29 is 21.8 Å². The van der Waals surface area contributed by atoms with Gasteiger partial charge in [0.05, 0.1) is 14.2 Å². The SMILES string of the molecule is COc1cc(CS(=O)(=O)F)cc(OC)c1C. The molecule has 6 heteroatoms. The third-order valence-corrected chi connectivity index (χ3v) is 2.83. The molecule has 0 saturated carbocycles. The summed E-state index contributed by atoms with van der Waals surface area (Å²) in [6, 6.07) is 2.96. The van der Waals surface area contributed by atoms with Crippen LogP contribution < -0.4 is 9.47 Å². The molecule has 1 aromatic rings. The van der Waals surface area contributed by atoms with Crippen molar-refractivity contribution >= 4 is 10.2 Å². The summed E-state index contributed by atoms with van der Waals surface area (Å²) >= 11 is 0. The zero-order chi connectivity index (χ0) is 12.3. The van der Waals surface area contributed by atoms with Gasteiger partial charge in [0.25, 0.3) is 0 Å². The second-order valence-electron chi connectivity index (χ2n) is 3.31. The molecular formula is C10H13FO4S. The van der Waals surface area contributed by atoms with E-state index in [2.05, 4.69) is 0 Å². The zero-order valence-electron chi connectivity index (χ0n) is 9.28. The van der Waals surface area contributed by atoms with Crippen LogP contribution in [0.5, 0.6) is 11.5 Å². The summed E-state index contributed by atoms with van der Waals surface area (Å²) in [6.07, 6.45) is 0. The number of benzene rings is 1. The number of hydrogen-bond donors (Lipinski definition) is 0. The molecule has 0 aliphatic carbocycles. The van der Waals surface area contributed by atoms with Crippen LogP contribution in [0.4, 0.5) is 3.89 Å². The highest BCUT2D eigenvalue weighted by atomic mass is 32.3. The van der Waals surface area contributed by atoms with E-state index in [1.807, 2.05) is 0 Å². The maximum absolute atomic E-state index is 12.5. The highest BCUT2D eigenvalue weighted by Crippen LogP contribution is 2.30. The standard InChI is InChI=1S/C10H13FO4S/c1-7-9(14-2)4-8(5-10(7)15-3)6-16(11,12)13/h4-5H,6H2,1-3H3. The lowest BCUT2D eigenvalue weighted by Gasteiger charge is -2.11. The minimum Gasteiger partial charge on any atom is -0.496 e. The average molecular weight is 248 g/mol. The molecule has 0 saturated heterocycles. The summed E-state index contributed by atoms with van der Waals surface area (Å²) in [5.41, 5.74) is 1.03. The number of hydrogen-bond acceptors (Lipinski definition) is 4. The first-order chi connectivity index (χ1) is 7.37. The molecule has 16 heavy (non-hydrogen) atoms. The average Bonchev–Trinajstić information content (AvgIpc) is 2.18. The van der Waals surface area contributed by atoms with Crippen LogP contribution in [0.25, 0.3) is 0 Å². The Balaban J connectivity index is 3.22. The van der Waals surface area contributed by atoms with Crippen LogP contribution >= 0.6 is 0 Å². The van der Waals surface area contributed by atoms with Crippen LogP contribution in [0.15, 0.2) is 12.1 Å². The number of halogens is 1. The van der Waals surface area contributed by atoms with E-state index in [0.717, 1.165) is 5.56 Å². The van der Waals surface area contributed by atoms with Gasteiger partial charge in [0.15, 0.2) is 0 Å². The first-order valence-electron chi connectivity index (χ1n) is 4.51. The quantitative estimate of drug-likeness (QED) is 0.762. The fraction of sp³-hybridized carbons (Fsp3) is 0.400. The number of rotatable bonds is 4. The Morgan fingerprint density at radius 2 is 1.62 bits per heavy atom. The van der Waals surface area contributed by atoms with Crippen molar-refractivity contribution in [1.82, 2.24) is 0 Å². The molecule has 0 fully saturated rings. The maximum atomic E-state index is 12.5. The summed E-state index contributed by atoms with van der Waals surface area (Å²) in [5.74, 6) is 0.260. The summed E-state index contributed by atoms with van der Waals surface area (Å²) in [7, 11) is -1.64. The Kier molecular flexibility index (Phi) is 3.74. The fourth-order valence-corrected chi connectivity index (χ4v) is 1.99. The molecule has 4 nitrogen and oxygen atoms in total. The van der Waals surface area contributed by atoms with Gasteiger partial charge in [-0.05, 0) is 24.6 Å². The van der Waals surface area contributed by atoms with E-state index in [4.69, 9.17) is 9.47 Å². The second kappa shape index (κ2) is 4.69. The van der Waals surface area contributed by atoms with Crippen molar-refractivity contribution in [2.75, 3.05) is 14.2 Å². The van der Waals surface area contributed by atoms with Crippen molar-refractivity contribution in [3.8, 4) is 11.5 Å². The van der Waals surface area contributed by atoms with Crippen molar-refractivity contribution in [3.63, 3.8) is 0 Å². The molecule has 0 radical (unpaired) electrons. The first-order valence-corrected chi connectivity index (χ1v) is 6.06. The van der Waals surface area contributed by atoms with Crippen LogP contribution in [-0.2, 0) is 16.0 Å². The number of methoxy groups -OCH3 is 2. The van der Waals surface area contributed by atoms with Crippen molar-refractivity contribution in [1.29, 1.82) is 0 Å². The van der Waals surface area contributed by atoms with Crippen LogP contribution in [0.3, 0.4) is 0 Å². The molecule has 0 unspecified atom stereocenters. The molecule has 0 aromatic heterocycles. The van der Waals surface area contributed by atoms with E-state index in [-0.39, 0.29) is 0 Å². The van der Waals surface area contributed by atoms with Crippen LogP contribution in [0.2, 0.25) is 0 Å². The highest BCUT2D eigenvalue weighted by Gasteiger charge is 2.14. The Labute approximate surface area is 94.2 Å². The summed E-state index contributed by atoms with van der Waals surface area (Å²) in [4.78, 5) is 0. The molecule has 0 heterocycles. The van der Waals surface area contributed by atoms with Crippen LogP contribution in [0.1, 0.15) is 11.1 Å². The normalized spacial score (nSPS) is 11.2. The van der Waals surface area contributed by atoms with Crippen molar-refractivity contribution in [2.24, 2.45) is 0 Å². The third-order valence-electron chi connectivity index (χ3n) is 2.15. The van der Waals surface area contributed by atoms with Crippen molar-refractivity contribution in [3.05, 3.63) is 23.3 Å². The van der Waals surface area contributed by atoms with Gasteiger partial charge in [-0.1, -0.05) is 0 Å². The predicted octanol–water partition coefficient (Wildman–Crippen LogP) is 1.81. The van der Waals surface area contributed by atoms with Gasteiger partial charge in [-0.3, -0.25) is 0 Å². The Bertz CT molecular complexity index is 457. The molecule has 0 spiro atoms. The maximum Gasteiger partial charge on any atom is 0.306 e. The first kappa shape index (κ1) is 12.8. The van der Waals surface area contributed by atoms with E-state index >= 15 is 0 Å². The van der Waals surface area contributed by atoms with Gasteiger partial charge >= 0.3 is 10.2 Å². The Morgan fingerprint density at radius 3 is 1.94 bits per heavy atom.